The smallest absolute Gasteiger partial charge is 0.316 e. The largest absolute Gasteiger partial charge is 0.461 e. The first-order valence-corrected chi connectivity index (χ1v) is 7.44. The summed E-state index contributed by atoms with van der Waals surface area (Å²) in [6, 6.07) is 7.08. The van der Waals surface area contributed by atoms with Crippen molar-refractivity contribution in [3.63, 3.8) is 0 Å². The van der Waals surface area contributed by atoms with Gasteiger partial charge in [-0.1, -0.05) is 36.9 Å². The molecule has 0 saturated heterocycles. The van der Waals surface area contributed by atoms with E-state index in [9.17, 15) is 9.59 Å². The zero-order valence-electron chi connectivity index (χ0n) is 12.5. The number of ketones is 1. The van der Waals surface area contributed by atoms with E-state index in [1.54, 1.807) is 38.1 Å². The molecule has 1 aromatic rings. The molecule has 0 atom stereocenters. The molecule has 21 heavy (non-hydrogen) atoms. The van der Waals surface area contributed by atoms with Crippen LogP contribution in [0.25, 0.3) is 0 Å². The number of Topliss-reactive ketones (excluding diaryl/α,β-unsaturated/α-hetero) is 1. The second kappa shape index (κ2) is 7.99. The number of esters is 1. The van der Waals surface area contributed by atoms with Gasteiger partial charge in [0.2, 0.25) is 0 Å². The number of carbonyl (C=O) groups excluding carboxylic acids is 2. The predicted octanol–water partition coefficient (Wildman–Crippen LogP) is 3.90. The Bertz CT molecular complexity index is 503. The number of carbonyl (C=O) groups is 2. The van der Waals surface area contributed by atoms with Crippen LogP contribution in [0.4, 0.5) is 0 Å². The normalized spacial score (nSPS) is 11.0. The summed E-state index contributed by atoms with van der Waals surface area (Å²) in [5, 5.41) is 0. The lowest BCUT2D eigenvalue weighted by Crippen LogP contribution is -2.31. The van der Waals surface area contributed by atoms with Gasteiger partial charge in [0.25, 0.3) is 0 Å². The minimum atomic E-state index is -0.763. The van der Waals surface area contributed by atoms with Crippen molar-refractivity contribution in [2.24, 2.45) is 0 Å². The summed E-state index contributed by atoms with van der Waals surface area (Å²) in [5.74, 6) is 0.226. The first kappa shape index (κ1) is 17.4. The molecule has 0 amide bonds. The molecule has 3 nitrogen and oxygen atoms in total. The van der Waals surface area contributed by atoms with E-state index in [1.807, 2.05) is 0 Å². The van der Waals surface area contributed by atoms with Gasteiger partial charge in [-0.15, -0.1) is 11.6 Å². The van der Waals surface area contributed by atoms with Crippen LogP contribution in [0.1, 0.15) is 42.6 Å². The van der Waals surface area contributed by atoms with Crippen LogP contribution in [0.3, 0.4) is 0 Å². The summed E-state index contributed by atoms with van der Waals surface area (Å²) in [6.07, 6.45) is 2.64. The monoisotopic (exact) mass is 308 g/mol. The Kier molecular flexibility index (Phi) is 6.63. The Morgan fingerprint density at radius 2 is 1.90 bits per heavy atom. The average Bonchev–Trinajstić information content (AvgIpc) is 2.50. The van der Waals surface area contributed by atoms with Gasteiger partial charge in [0.05, 0.1) is 5.41 Å². The zero-order chi connectivity index (χ0) is 15.9. The van der Waals surface area contributed by atoms with E-state index in [0.29, 0.717) is 24.3 Å². The number of rotatable bonds is 8. The highest BCUT2D eigenvalue weighted by molar-refractivity contribution is 6.18. The second-order valence-electron chi connectivity index (χ2n) is 5.31. The van der Waals surface area contributed by atoms with Gasteiger partial charge < -0.3 is 4.74 Å². The lowest BCUT2D eigenvalue weighted by atomic mass is 9.84. The molecule has 0 aliphatic rings. The Balaban J connectivity index is 2.83. The van der Waals surface area contributed by atoms with Gasteiger partial charge in [0.1, 0.15) is 6.61 Å². The van der Waals surface area contributed by atoms with Gasteiger partial charge in [0, 0.05) is 17.9 Å². The minimum Gasteiger partial charge on any atom is -0.461 e. The molecular weight excluding hydrogens is 288 g/mol. The summed E-state index contributed by atoms with van der Waals surface area (Å²) < 4.78 is 5.10. The molecule has 0 saturated carbocycles. The van der Waals surface area contributed by atoms with Crippen molar-refractivity contribution >= 4 is 23.4 Å². The lowest BCUT2D eigenvalue weighted by Gasteiger charge is -2.23. The molecule has 114 valence electrons. The van der Waals surface area contributed by atoms with Crippen molar-refractivity contribution in [3.8, 4) is 0 Å². The van der Waals surface area contributed by atoms with E-state index >= 15 is 0 Å². The minimum absolute atomic E-state index is 0.0641. The van der Waals surface area contributed by atoms with Crippen molar-refractivity contribution in [1.82, 2.24) is 0 Å². The maximum atomic E-state index is 12.0. The van der Waals surface area contributed by atoms with Gasteiger partial charge in [-0.2, -0.15) is 0 Å². The quantitative estimate of drug-likeness (QED) is 0.317. The lowest BCUT2D eigenvalue weighted by molar-refractivity contribution is -0.148. The van der Waals surface area contributed by atoms with Gasteiger partial charge in [-0.25, -0.2) is 0 Å². The highest BCUT2D eigenvalue weighted by atomic mass is 35.5. The van der Waals surface area contributed by atoms with Crippen LogP contribution >= 0.6 is 11.6 Å². The molecule has 0 spiro atoms. The van der Waals surface area contributed by atoms with Gasteiger partial charge in [0.15, 0.2) is 5.78 Å². The molecule has 0 N–H and O–H groups in total. The molecule has 0 aliphatic carbocycles. The van der Waals surface area contributed by atoms with Crippen LogP contribution < -0.4 is 0 Å². The SMILES string of the molecule is C=CCOC(=O)C(C)(C)c1ccc(C(=O)CCCCl)cc1. The molecule has 1 aromatic carbocycles. The molecule has 0 heterocycles. The van der Waals surface area contributed by atoms with E-state index in [-0.39, 0.29) is 18.4 Å². The van der Waals surface area contributed by atoms with Crippen molar-refractivity contribution in [3.05, 3.63) is 48.0 Å². The van der Waals surface area contributed by atoms with Gasteiger partial charge in [-0.05, 0) is 25.8 Å². The van der Waals surface area contributed by atoms with Crippen molar-refractivity contribution in [2.45, 2.75) is 32.1 Å². The summed E-state index contributed by atoms with van der Waals surface area (Å²) in [7, 11) is 0. The maximum absolute atomic E-state index is 12.0. The Hall–Kier alpha value is -1.61. The molecule has 0 fully saturated rings. The van der Waals surface area contributed by atoms with Crippen LogP contribution in [0.5, 0.6) is 0 Å². The average molecular weight is 309 g/mol. The third kappa shape index (κ3) is 4.71. The Morgan fingerprint density at radius 3 is 2.43 bits per heavy atom. The van der Waals surface area contributed by atoms with Crippen LogP contribution in [-0.2, 0) is 14.9 Å². The topological polar surface area (TPSA) is 43.4 Å². The van der Waals surface area contributed by atoms with E-state index in [1.165, 1.54) is 6.08 Å². The number of halogens is 1. The van der Waals surface area contributed by atoms with E-state index in [2.05, 4.69) is 6.58 Å². The Morgan fingerprint density at radius 1 is 1.29 bits per heavy atom. The third-order valence-corrected chi connectivity index (χ3v) is 3.58. The number of hydrogen-bond acceptors (Lipinski definition) is 3. The molecule has 0 unspecified atom stereocenters. The standard InChI is InChI=1S/C17H21ClO3/c1-4-12-21-16(20)17(2,3)14-9-7-13(8-10-14)15(19)6-5-11-18/h4,7-10H,1,5-6,11-12H2,2-3H3. The fourth-order valence-electron chi connectivity index (χ4n) is 1.88. The summed E-state index contributed by atoms with van der Waals surface area (Å²) in [6.45, 7) is 7.30. The fourth-order valence-corrected chi connectivity index (χ4v) is 2.01. The van der Waals surface area contributed by atoms with Gasteiger partial charge >= 0.3 is 5.97 Å². The predicted molar refractivity (Wildman–Crippen MR) is 84.9 cm³/mol. The van der Waals surface area contributed by atoms with E-state index in [4.69, 9.17) is 16.3 Å². The third-order valence-electron chi connectivity index (χ3n) is 3.31. The van der Waals surface area contributed by atoms with Gasteiger partial charge in [-0.3, -0.25) is 9.59 Å². The molecule has 0 aliphatic heterocycles. The van der Waals surface area contributed by atoms with Crippen LogP contribution in [0.15, 0.2) is 36.9 Å². The first-order valence-electron chi connectivity index (χ1n) is 6.91. The number of benzene rings is 1. The fraction of sp³-hybridized carbons (Fsp3) is 0.412. The number of hydrogen-bond donors (Lipinski definition) is 0. The molecule has 1 rings (SSSR count). The van der Waals surface area contributed by atoms with E-state index < -0.39 is 5.41 Å². The molecule has 4 heteroatoms. The van der Waals surface area contributed by atoms with Crippen LogP contribution in [0, 0.1) is 0 Å². The maximum Gasteiger partial charge on any atom is 0.316 e. The van der Waals surface area contributed by atoms with Crippen molar-refractivity contribution in [2.75, 3.05) is 12.5 Å². The molecular formula is C17H21ClO3. The summed E-state index contributed by atoms with van der Waals surface area (Å²) >= 11 is 5.58. The molecule has 0 radical (unpaired) electrons. The zero-order valence-corrected chi connectivity index (χ0v) is 13.3. The Labute approximate surface area is 130 Å². The van der Waals surface area contributed by atoms with Crippen LogP contribution in [0.2, 0.25) is 0 Å². The molecule has 0 aromatic heterocycles. The first-order chi connectivity index (χ1) is 9.93. The van der Waals surface area contributed by atoms with E-state index in [0.717, 1.165) is 5.56 Å². The highest BCUT2D eigenvalue weighted by Gasteiger charge is 2.31. The number of ether oxygens (including phenoxy) is 1. The molecule has 0 bridgehead atoms. The summed E-state index contributed by atoms with van der Waals surface area (Å²) in [5.41, 5.74) is 0.686. The van der Waals surface area contributed by atoms with Crippen molar-refractivity contribution < 1.29 is 14.3 Å². The van der Waals surface area contributed by atoms with Crippen LogP contribution in [-0.4, -0.2) is 24.2 Å². The van der Waals surface area contributed by atoms with Crippen molar-refractivity contribution in [1.29, 1.82) is 0 Å². The summed E-state index contributed by atoms with van der Waals surface area (Å²) in [4.78, 5) is 23.9. The number of alkyl halides is 1. The second-order valence-corrected chi connectivity index (χ2v) is 5.68. The highest BCUT2D eigenvalue weighted by Crippen LogP contribution is 2.25.